The van der Waals surface area contributed by atoms with Gasteiger partial charge in [-0.1, -0.05) is 6.42 Å². The molecule has 0 radical (unpaired) electrons. The van der Waals surface area contributed by atoms with Crippen LogP contribution >= 0.6 is 0 Å². The molecule has 1 unspecified atom stereocenters. The van der Waals surface area contributed by atoms with Crippen molar-refractivity contribution in [3.63, 3.8) is 0 Å². The molecule has 19 heavy (non-hydrogen) atoms. The summed E-state index contributed by atoms with van der Waals surface area (Å²) in [6.45, 7) is 5.01. The Labute approximate surface area is 113 Å². The van der Waals surface area contributed by atoms with Gasteiger partial charge in [-0.25, -0.2) is 4.39 Å². The molecule has 104 valence electrons. The van der Waals surface area contributed by atoms with Crippen LogP contribution < -0.4 is 5.32 Å². The maximum atomic E-state index is 12.8. The lowest BCUT2D eigenvalue weighted by molar-refractivity contribution is 0.0930. The number of hydrogen-bond acceptors (Lipinski definition) is 2. The molecule has 1 aromatic carbocycles. The Morgan fingerprint density at radius 1 is 1.26 bits per heavy atom. The van der Waals surface area contributed by atoms with E-state index in [9.17, 15) is 9.18 Å². The molecule has 0 aromatic heterocycles. The van der Waals surface area contributed by atoms with Crippen LogP contribution in [0.5, 0.6) is 0 Å². The maximum absolute atomic E-state index is 12.8. The van der Waals surface area contributed by atoms with Gasteiger partial charge in [-0.2, -0.15) is 0 Å². The summed E-state index contributed by atoms with van der Waals surface area (Å²) in [7, 11) is 0. The van der Waals surface area contributed by atoms with E-state index < -0.39 is 0 Å². The molecule has 0 aliphatic carbocycles. The van der Waals surface area contributed by atoms with Gasteiger partial charge in [-0.05, 0) is 57.1 Å². The number of piperidine rings is 1. The highest BCUT2D eigenvalue weighted by Crippen LogP contribution is 2.11. The van der Waals surface area contributed by atoms with E-state index in [1.165, 1.54) is 43.5 Å². The zero-order chi connectivity index (χ0) is 13.7. The minimum Gasteiger partial charge on any atom is -0.350 e. The number of carbonyl (C=O) groups excluding carboxylic acids is 1. The van der Waals surface area contributed by atoms with Crippen LogP contribution in [0.15, 0.2) is 24.3 Å². The summed E-state index contributed by atoms with van der Waals surface area (Å²) in [5.41, 5.74) is 0.507. The minimum absolute atomic E-state index is 0.135. The molecule has 1 aliphatic rings. The van der Waals surface area contributed by atoms with E-state index in [1.807, 2.05) is 0 Å². The van der Waals surface area contributed by atoms with Crippen molar-refractivity contribution in [1.29, 1.82) is 0 Å². The van der Waals surface area contributed by atoms with Crippen LogP contribution in [0.2, 0.25) is 0 Å². The molecule has 1 atom stereocenters. The summed E-state index contributed by atoms with van der Waals surface area (Å²) in [5, 5.41) is 2.91. The number of carbonyl (C=O) groups is 1. The fourth-order valence-electron chi connectivity index (χ4n) is 2.43. The van der Waals surface area contributed by atoms with Crippen molar-refractivity contribution in [3.8, 4) is 0 Å². The summed E-state index contributed by atoms with van der Waals surface area (Å²) in [5.74, 6) is -0.456. The van der Waals surface area contributed by atoms with Gasteiger partial charge in [0.15, 0.2) is 0 Å². The van der Waals surface area contributed by atoms with E-state index in [-0.39, 0.29) is 11.7 Å². The summed E-state index contributed by atoms with van der Waals surface area (Å²) in [6, 6.07) is 5.99. The van der Waals surface area contributed by atoms with Gasteiger partial charge in [0.05, 0.1) is 0 Å². The highest BCUT2D eigenvalue weighted by atomic mass is 19.1. The Hall–Kier alpha value is -1.42. The Morgan fingerprint density at radius 3 is 2.53 bits per heavy atom. The van der Waals surface area contributed by atoms with Gasteiger partial charge in [0.1, 0.15) is 5.82 Å². The molecule has 3 nitrogen and oxygen atoms in total. The Balaban J connectivity index is 1.81. The van der Waals surface area contributed by atoms with Crippen molar-refractivity contribution >= 4 is 5.91 Å². The zero-order valence-corrected chi connectivity index (χ0v) is 11.4. The monoisotopic (exact) mass is 264 g/mol. The summed E-state index contributed by atoms with van der Waals surface area (Å²) < 4.78 is 12.8. The summed E-state index contributed by atoms with van der Waals surface area (Å²) >= 11 is 0. The number of nitrogens with zero attached hydrogens (tertiary/aromatic N) is 1. The smallest absolute Gasteiger partial charge is 0.251 e. The molecule has 1 amide bonds. The second-order valence-corrected chi connectivity index (χ2v) is 5.16. The van der Waals surface area contributed by atoms with E-state index in [0.717, 1.165) is 13.1 Å². The highest BCUT2D eigenvalue weighted by molar-refractivity contribution is 5.94. The first-order chi connectivity index (χ1) is 9.16. The SMILES string of the molecule is CC(CNC(=O)c1ccc(F)cc1)N1CCCCC1. The molecule has 1 aromatic rings. The minimum atomic E-state index is -0.321. The molecule has 0 saturated carbocycles. The predicted molar refractivity (Wildman–Crippen MR) is 73.6 cm³/mol. The fourth-order valence-corrected chi connectivity index (χ4v) is 2.43. The highest BCUT2D eigenvalue weighted by Gasteiger charge is 2.17. The third-order valence-corrected chi connectivity index (χ3v) is 3.68. The first-order valence-electron chi connectivity index (χ1n) is 6.94. The molecular formula is C15H21FN2O. The molecule has 4 heteroatoms. The number of likely N-dealkylation sites (tertiary alicyclic amines) is 1. The number of rotatable bonds is 4. The van der Waals surface area contributed by atoms with Crippen LogP contribution in [-0.2, 0) is 0 Å². The number of halogens is 1. The van der Waals surface area contributed by atoms with Gasteiger partial charge in [0.25, 0.3) is 5.91 Å². The lowest BCUT2D eigenvalue weighted by Gasteiger charge is -2.32. The largest absolute Gasteiger partial charge is 0.350 e. The maximum Gasteiger partial charge on any atom is 0.251 e. The molecule has 1 saturated heterocycles. The van der Waals surface area contributed by atoms with E-state index in [0.29, 0.717) is 18.2 Å². The van der Waals surface area contributed by atoms with Gasteiger partial charge in [0, 0.05) is 18.2 Å². The molecule has 0 spiro atoms. The second-order valence-electron chi connectivity index (χ2n) is 5.16. The average Bonchev–Trinajstić information content (AvgIpc) is 2.46. The van der Waals surface area contributed by atoms with E-state index in [1.54, 1.807) is 0 Å². The van der Waals surface area contributed by atoms with Crippen LogP contribution in [0.4, 0.5) is 4.39 Å². The number of amides is 1. The van der Waals surface area contributed by atoms with E-state index in [4.69, 9.17) is 0 Å². The van der Waals surface area contributed by atoms with Crippen molar-refractivity contribution in [3.05, 3.63) is 35.6 Å². The topological polar surface area (TPSA) is 32.3 Å². The molecule has 1 heterocycles. The van der Waals surface area contributed by atoms with Gasteiger partial charge in [-0.15, -0.1) is 0 Å². The van der Waals surface area contributed by atoms with Gasteiger partial charge < -0.3 is 5.32 Å². The van der Waals surface area contributed by atoms with Gasteiger partial charge >= 0.3 is 0 Å². The first kappa shape index (κ1) is 14.0. The number of benzene rings is 1. The third-order valence-electron chi connectivity index (χ3n) is 3.68. The second kappa shape index (κ2) is 6.66. The number of nitrogens with one attached hydrogen (secondary N) is 1. The van der Waals surface area contributed by atoms with Gasteiger partial charge in [0.2, 0.25) is 0 Å². The standard InChI is InChI=1S/C15H21FN2O/c1-12(18-9-3-2-4-10-18)11-17-15(19)13-5-7-14(16)8-6-13/h5-8,12H,2-4,9-11H2,1H3,(H,17,19). The van der Waals surface area contributed by atoms with Crippen LogP contribution in [-0.4, -0.2) is 36.5 Å². The molecule has 1 fully saturated rings. The first-order valence-corrected chi connectivity index (χ1v) is 6.94. The Morgan fingerprint density at radius 2 is 1.89 bits per heavy atom. The molecule has 1 aliphatic heterocycles. The van der Waals surface area contributed by atoms with Crippen LogP contribution in [0.1, 0.15) is 36.5 Å². The number of hydrogen-bond donors (Lipinski definition) is 1. The predicted octanol–water partition coefficient (Wildman–Crippen LogP) is 2.43. The Bertz CT molecular complexity index is 413. The van der Waals surface area contributed by atoms with Crippen molar-refractivity contribution in [2.24, 2.45) is 0 Å². The Kier molecular flexibility index (Phi) is 4.91. The summed E-state index contributed by atoms with van der Waals surface area (Å²) in [4.78, 5) is 14.3. The van der Waals surface area contributed by atoms with E-state index >= 15 is 0 Å². The van der Waals surface area contributed by atoms with Crippen molar-refractivity contribution in [2.45, 2.75) is 32.2 Å². The molecule has 2 rings (SSSR count). The molecular weight excluding hydrogens is 243 g/mol. The van der Waals surface area contributed by atoms with Crippen molar-refractivity contribution in [2.75, 3.05) is 19.6 Å². The lowest BCUT2D eigenvalue weighted by Crippen LogP contribution is -2.44. The normalized spacial score (nSPS) is 18.0. The van der Waals surface area contributed by atoms with E-state index in [2.05, 4.69) is 17.1 Å². The van der Waals surface area contributed by atoms with Crippen LogP contribution in [0.25, 0.3) is 0 Å². The van der Waals surface area contributed by atoms with Gasteiger partial charge in [-0.3, -0.25) is 9.69 Å². The van der Waals surface area contributed by atoms with Crippen LogP contribution in [0, 0.1) is 5.82 Å². The van der Waals surface area contributed by atoms with Crippen LogP contribution in [0.3, 0.4) is 0 Å². The third kappa shape index (κ3) is 4.03. The molecule has 0 bridgehead atoms. The average molecular weight is 264 g/mol. The lowest BCUT2D eigenvalue weighted by atomic mass is 10.1. The van der Waals surface area contributed by atoms with Crippen molar-refractivity contribution < 1.29 is 9.18 Å². The summed E-state index contributed by atoms with van der Waals surface area (Å²) in [6.07, 6.45) is 3.80. The quantitative estimate of drug-likeness (QED) is 0.906. The fraction of sp³-hybridized carbons (Fsp3) is 0.533. The molecule has 1 N–H and O–H groups in total. The van der Waals surface area contributed by atoms with Crippen molar-refractivity contribution in [1.82, 2.24) is 10.2 Å². The zero-order valence-electron chi connectivity index (χ0n) is 11.4.